The zero-order chi connectivity index (χ0) is 24.7. The molecular formula is C28H37N5O2. The highest BCUT2D eigenvalue weighted by molar-refractivity contribution is 5.95. The Morgan fingerprint density at radius 3 is 2.43 bits per heavy atom. The van der Waals surface area contributed by atoms with Crippen LogP contribution in [0, 0.1) is 11.8 Å². The summed E-state index contributed by atoms with van der Waals surface area (Å²) in [5.74, 6) is 0.825. The van der Waals surface area contributed by atoms with Gasteiger partial charge in [-0.25, -0.2) is 0 Å². The lowest BCUT2D eigenvalue weighted by molar-refractivity contribution is -0.117. The minimum atomic E-state index is -0.0891. The summed E-state index contributed by atoms with van der Waals surface area (Å²) in [4.78, 5) is 29.4. The molecule has 186 valence electrons. The van der Waals surface area contributed by atoms with Gasteiger partial charge in [-0.05, 0) is 68.1 Å². The Kier molecular flexibility index (Phi) is 6.45. The van der Waals surface area contributed by atoms with Crippen LogP contribution in [0.1, 0.15) is 55.6 Å². The predicted octanol–water partition coefficient (Wildman–Crippen LogP) is 3.78. The molecule has 0 aromatic heterocycles. The lowest BCUT2D eigenvalue weighted by atomic mass is 9.79. The van der Waals surface area contributed by atoms with E-state index in [0.717, 1.165) is 31.0 Å². The van der Waals surface area contributed by atoms with Crippen LogP contribution in [0.3, 0.4) is 0 Å². The molecule has 7 nitrogen and oxygen atoms in total. The molecule has 35 heavy (non-hydrogen) atoms. The van der Waals surface area contributed by atoms with E-state index in [2.05, 4.69) is 57.8 Å². The van der Waals surface area contributed by atoms with Gasteiger partial charge in [0.05, 0.1) is 6.04 Å². The number of hydrogen-bond donors (Lipinski definition) is 3. The van der Waals surface area contributed by atoms with Crippen LogP contribution in [0.4, 0.5) is 17.1 Å². The number of rotatable bonds is 5. The van der Waals surface area contributed by atoms with Crippen molar-refractivity contribution in [3.05, 3.63) is 53.6 Å². The molecule has 2 aliphatic heterocycles. The van der Waals surface area contributed by atoms with E-state index in [4.69, 9.17) is 0 Å². The molecule has 2 heterocycles. The van der Waals surface area contributed by atoms with Gasteiger partial charge in [0.25, 0.3) is 5.91 Å². The standard InChI is InChI=1S/C28H37N5O2/c1-17-16-32(14-13-30-17)23-11-12-25-24(15-23)26(18(2)27(20-5-6-20)33(25)19(3)34)31-22-9-7-21(8-10-22)28(35)29-4/h7-12,15,17-18,20,26-27,30-31H,5-6,13-14,16H2,1-4H3,(H,29,35)/t17-,18+,26?,27+/m0/s1. The summed E-state index contributed by atoms with van der Waals surface area (Å²) in [7, 11) is 1.64. The summed E-state index contributed by atoms with van der Waals surface area (Å²) < 4.78 is 0. The molecule has 2 fully saturated rings. The Balaban J connectivity index is 1.53. The number of carbonyl (C=O) groups is 2. The zero-order valence-corrected chi connectivity index (χ0v) is 21.2. The van der Waals surface area contributed by atoms with E-state index in [0.29, 0.717) is 17.5 Å². The fourth-order valence-corrected chi connectivity index (χ4v) is 5.96. The largest absolute Gasteiger partial charge is 0.378 e. The topological polar surface area (TPSA) is 76.7 Å². The van der Waals surface area contributed by atoms with Gasteiger partial charge in [0.1, 0.15) is 0 Å². The second-order valence-corrected chi connectivity index (χ2v) is 10.4. The van der Waals surface area contributed by atoms with Crippen molar-refractivity contribution in [1.82, 2.24) is 10.6 Å². The average molecular weight is 476 g/mol. The average Bonchev–Trinajstić information content (AvgIpc) is 3.70. The van der Waals surface area contributed by atoms with Gasteiger partial charge < -0.3 is 25.8 Å². The highest BCUT2D eigenvalue weighted by Gasteiger charge is 2.47. The summed E-state index contributed by atoms with van der Waals surface area (Å²) in [5.41, 5.74) is 5.03. The van der Waals surface area contributed by atoms with Crippen LogP contribution in [0.5, 0.6) is 0 Å². The summed E-state index contributed by atoms with van der Waals surface area (Å²) >= 11 is 0. The minimum Gasteiger partial charge on any atom is -0.378 e. The maximum Gasteiger partial charge on any atom is 0.251 e. The summed E-state index contributed by atoms with van der Waals surface area (Å²) in [5, 5.41) is 9.98. The summed E-state index contributed by atoms with van der Waals surface area (Å²) in [6.45, 7) is 9.10. The number of benzene rings is 2. The lowest BCUT2D eigenvalue weighted by Crippen LogP contribution is -2.51. The van der Waals surface area contributed by atoms with Crippen molar-refractivity contribution in [3.63, 3.8) is 0 Å². The third-order valence-corrected chi connectivity index (χ3v) is 7.84. The fraction of sp³-hybridized carbons (Fsp3) is 0.500. The van der Waals surface area contributed by atoms with E-state index in [-0.39, 0.29) is 29.8 Å². The van der Waals surface area contributed by atoms with Crippen molar-refractivity contribution in [1.29, 1.82) is 0 Å². The lowest BCUT2D eigenvalue weighted by Gasteiger charge is -2.46. The maximum atomic E-state index is 12.9. The van der Waals surface area contributed by atoms with E-state index in [1.807, 2.05) is 24.3 Å². The first-order valence-electron chi connectivity index (χ1n) is 12.9. The van der Waals surface area contributed by atoms with E-state index in [1.54, 1.807) is 14.0 Å². The van der Waals surface area contributed by atoms with Crippen molar-refractivity contribution >= 4 is 28.9 Å². The molecule has 1 aliphatic carbocycles. The number of amides is 2. The molecule has 1 unspecified atom stereocenters. The number of nitrogens with one attached hydrogen (secondary N) is 3. The number of carbonyl (C=O) groups excluding carboxylic acids is 2. The van der Waals surface area contributed by atoms with Gasteiger partial charge >= 0.3 is 0 Å². The molecule has 3 aliphatic rings. The third kappa shape index (κ3) is 4.61. The quantitative estimate of drug-likeness (QED) is 0.614. The highest BCUT2D eigenvalue weighted by Crippen LogP contribution is 2.50. The first-order valence-corrected chi connectivity index (χ1v) is 12.9. The van der Waals surface area contributed by atoms with Crippen LogP contribution < -0.4 is 25.8 Å². The molecule has 3 N–H and O–H groups in total. The van der Waals surface area contributed by atoms with E-state index in [1.165, 1.54) is 24.1 Å². The number of piperazine rings is 1. The van der Waals surface area contributed by atoms with E-state index in [9.17, 15) is 9.59 Å². The van der Waals surface area contributed by atoms with Gasteiger partial charge in [-0.3, -0.25) is 9.59 Å². The van der Waals surface area contributed by atoms with Gasteiger partial charge in [-0.15, -0.1) is 0 Å². The predicted molar refractivity (Wildman–Crippen MR) is 141 cm³/mol. The molecule has 0 spiro atoms. The zero-order valence-electron chi connectivity index (χ0n) is 21.2. The van der Waals surface area contributed by atoms with Crippen molar-refractivity contribution in [2.75, 3.05) is 41.8 Å². The number of nitrogens with zero attached hydrogens (tertiary/aromatic N) is 2. The molecule has 2 aromatic carbocycles. The van der Waals surface area contributed by atoms with Crippen molar-refractivity contribution in [3.8, 4) is 0 Å². The van der Waals surface area contributed by atoms with Crippen LogP contribution in [0.2, 0.25) is 0 Å². The maximum absolute atomic E-state index is 12.9. The molecule has 0 radical (unpaired) electrons. The van der Waals surface area contributed by atoms with Crippen LogP contribution in [0.25, 0.3) is 0 Å². The third-order valence-electron chi connectivity index (χ3n) is 7.84. The number of hydrogen-bond acceptors (Lipinski definition) is 5. The van der Waals surface area contributed by atoms with Crippen LogP contribution in [0.15, 0.2) is 42.5 Å². The first-order chi connectivity index (χ1) is 16.9. The molecule has 0 bridgehead atoms. The Labute approximate surface area is 208 Å². The number of fused-ring (bicyclic) bond motifs is 1. The second-order valence-electron chi connectivity index (χ2n) is 10.4. The molecule has 1 saturated heterocycles. The molecular weight excluding hydrogens is 438 g/mol. The minimum absolute atomic E-state index is 0.0670. The smallest absolute Gasteiger partial charge is 0.251 e. The van der Waals surface area contributed by atoms with Crippen LogP contribution in [-0.4, -0.2) is 50.6 Å². The molecule has 1 saturated carbocycles. The van der Waals surface area contributed by atoms with Crippen LogP contribution >= 0.6 is 0 Å². The molecule has 2 aromatic rings. The van der Waals surface area contributed by atoms with Gasteiger partial charge in [0.2, 0.25) is 5.91 Å². The monoisotopic (exact) mass is 475 g/mol. The van der Waals surface area contributed by atoms with Gasteiger partial charge in [-0.2, -0.15) is 0 Å². The van der Waals surface area contributed by atoms with Crippen LogP contribution in [-0.2, 0) is 4.79 Å². The fourth-order valence-electron chi connectivity index (χ4n) is 5.96. The molecule has 2 amide bonds. The van der Waals surface area contributed by atoms with Crippen molar-refractivity contribution < 1.29 is 9.59 Å². The Bertz CT molecular complexity index is 1100. The summed E-state index contributed by atoms with van der Waals surface area (Å²) in [6, 6.07) is 15.0. The summed E-state index contributed by atoms with van der Waals surface area (Å²) in [6.07, 6.45) is 2.36. The number of anilines is 3. The normalized spacial score (nSPS) is 26.2. The second kappa shape index (κ2) is 9.53. The molecule has 7 heteroatoms. The van der Waals surface area contributed by atoms with Gasteiger partial charge in [0, 0.05) is 79.8 Å². The van der Waals surface area contributed by atoms with Gasteiger partial charge in [0.15, 0.2) is 0 Å². The molecule has 5 rings (SSSR count). The van der Waals surface area contributed by atoms with Crippen molar-refractivity contribution in [2.24, 2.45) is 11.8 Å². The Morgan fingerprint density at radius 1 is 1.06 bits per heavy atom. The Morgan fingerprint density at radius 2 is 1.80 bits per heavy atom. The highest BCUT2D eigenvalue weighted by atomic mass is 16.2. The SMILES string of the molecule is CNC(=O)c1ccc(NC2c3cc(N4CCN[C@@H](C)C4)ccc3N(C(C)=O)[C@@H](C3CC3)[C@@H]2C)cc1. The van der Waals surface area contributed by atoms with E-state index < -0.39 is 0 Å². The Hall–Kier alpha value is -3.06. The van der Waals surface area contributed by atoms with E-state index >= 15 is 0 Å². The van der Waals surface area contributed by atoms with Crippen molar-refractivity contribution in [2.45, 2.75) is 51.7 Å². The van der Waals surface area contributed by atoms with Gasteiger partial charge in [-0.1, -0.05) is 6.92 Å². The molecule has 4 atom stereocenters. The first kappa shape index (κ1) is 23.7.